The summed E-state index contributed by atoms with van der Waals surface area (Å²) in [5.41, 5.74) is 4.56. The number of rotatable bonds is 7. The van der Waals surface area contributed by atoms with E-state index in [1.807, 2.05) is 51.1 Å². The van der Waals surface area contributed by atoms with Crippen LogP contribution in [0.4, 0.5) is 5.69 Å². The first kappa shape index (κ1) is 26.0. The molecule has 3 aromatic rings. The van der Waals surface area contributed by atoms with Gasteiger partial charge < -0.3 is 14.6 Å². The van der Waals surface area contributed by atoms with Crippen molar-refractivity contribution in [3.8, 4) is 11.5 Å². The fourth-order valence-corrected chi connectivity index (χ4v) is 4.63. The maximum atomic E-state index is 13.5. The first-order valence-electron chi connectivity index (χ1n) is 12.4. The normalized spacial score (nSPS) is 16.9. The Labute approximate surface area is 218 Å². The van der Waals surface area contributed by atoms with Gasteiger partial charge in [-0.2, -0.15) is 0 Å². The second-order valence-corrected chi connectivity index (χ2v) is 9.92. The number of hydrogen-bond donors (Lipinski definition) is 1. The first-order valence-corrected chi connectivity index (χ1v) is 12.4. The molecule has 6 nitrogen and oxygen atoms in total. The van der Waals surface area contributed by atoms with E-state index < -0.39 is 17.7 Å². The smallest absolute Gasteiger partial charge is 0.300 e. The lowest BCUT2D eigenvalue weighted by Crippen LogP contribution is -2.30. The number of benzene rings is 3. The lowest BCUT2D eigenvalue weighted by Gasteiger charge is -2.27. The highest BCUT2D eigenvalue weighted by atomic mass is 16.5. The van der Waals surface area contributed by atoms with Gasteiger partial charge in [-0.15, -0.1) is 0 Å². The Morgan fingerprint density at radius 3 is 2.24 bits per heavy atom. The summed E-state index contributed by atoms with van der Waals surface area (Å²) in [5, 5.41) is 11.5. The highest BCUT2D eigenvalue weighted by Gasteiger charge is 2.47. The Balaban J connectivity index is 1.87. The number of Topliss-reactive ketones (excluding diaryl/α,β-unsaturated/α-hetero) is 1. The standard InChI is InChI=1S/C31H33NO5/c1-18(2)17-37-26-14-10-23(16-21(26)5)29(33)27-28(22-8-11-24(36-6)12-9-22)32(31(35)30(27)34)25-13-7-19(3)15-20(25)4/h7-16,18,28,33H,17H2,1-6H3/b29-27+. The lowest BCUT2D eigenvalue weighted by atomic mass is 9.94. The quantitative estimate of drug-likeness (QED) is 0.235. The Morgan fingerprint density at radius 1 is 0.946 bits per heavy atom. The summed E-state index contributed by atoms with van der Waals surface area (Å²) in [6.07, 6.45) is 0. The summed E-state index contributed by atoms with van der Waals surface area (Å²) >= 11 is 0. The van der Waals surface area contributed by atoms with Gasteiger partial charge in [0, 0.05) is 11.3 Å². The summed E-state index contributed by atoms with van der Waals surface area (Å²) in [4.78, 5) is 28.4. The van der Waals surface area contributed by atoms with Gasteiger partial charge in [-0.05, 0) is 79.8 Å². The van der Waals surface area contributed by atoms with Crippen LogP contribution in [-0.2, 0) is 9.59 Å². The second-order valence-electron chi connectivity index (χ2n) is 9.92. The van der Waals surface area contributed by atoms with Crippen LogP contribution < -0.4 is 14.4 Å². The van der Waals surface area contributed by atoms with E-state index in [1.165, 1.54) is 4.90 Å². The summed E-state index contributed by atoms with van der Waals surface area (Å²) in [6.45, 7) is 10.5. The van der Waals surface area contributed by atoms with Crippen molar-refractivity contribution in [1.29, 1.82) is 0 Å². The molecule has 4 rings (SSSR count). The molecule has 6 heteroatoms. The molecular formula is C31H33NO5. The monoisotopic (exact) mass is 499 g/mol. The summed E-state index contributed by atoms with van der Waals surface area (Å²) < 4.78 is 11.2. The van der Waals surface area contributed by atoms with Crippen molar-refractivity contribution in [2.75, 3.05) is 18.6 Å². The molecule has 1 atom stereocenters. The van der Waals surface area contributed by atoms with E-state index in [-0.39, 0.29) is 11.3 Å². The van der Waals surface area contributed by atoms with Gasteiger partial charge in [0.1, 0.15) is 17.3 Å². The fraction of sp³-hybridized carbons (Fsp3) is 0.290. The number of ketones is 1. The molecule has 192 valence electrons. The molecule has 1 aliphatic heterocycles. The van der Waals surface area contributed by atoms with Gasteiger partial charge in [0.2, 0.25) is 0 Å². The molecule has 1 saturated heterocycles. The zero-order valence-corrected chi connectivity index (χ0v) is 22.2. The molecule has 1 amide bonds. The first-order chi connectivity index (χ1) is 17.6. The minimum absolute atomic E-state index is 0.0467. The van der Waals surface area contributed by atoms with Crippen LogP contribution in [0.2, 0.25) is 0 Å². The third-order valence-corrected chi connectivity index (χ3v) is 6.51. The SMILES string of the molecule is COc1ccc(C2/C(=C(\O)c3ccc(OCC(C)C)c(C)c3)C(=O)C(=O)N2c2ccc(C)cc2C)cc1. The van der Waals surface area contributed by atoms with Crippen LogP contribution in [0.25, 0.3) is 5.76 Å². The minimum atomic E-state index is -0.801. The average Bonchev–Trinajstić information content (AvgIpc) is 3.13. The van der Waals surface area contributed by atoms with Crippen molar-refractivity contribution in [3.05, 3.63) is 94.1 Å². The summed E-state index contributed by atoms with van der Waals surface area (Å²) in [6, 6.07) is 17.4. The van der Waals surface area contributed by atoms with Crippen LogP contribution in [0, 0.1) is 26.7 Å². The van der Waals surface area contributed by atoms with Crippen molar-refractivity contribution in [1.82, 2.24) is 0 Å². The predicted octanol–water partition coefficient (Wildman–Crippen LogP) is 6.28. The van der Waals surface area contributed by atoms with Crippen LogP contribution in [-0.4, -0.2) is 30.5 Å². The van der Waals surface area contributed by atoms with E-state index in [0.29, 0.717) is 40.8 Å². The number of nitrogens with zero attached hydrogens (tertiary/aromatic N) is 1. The van der Waals surface area contributed by atoms with E-state index in [9.17, 15) is 14.7 Å². The van der Waals surface area contributed by atoms with Crippen LogP contribution >= 0.6 is 0 Å². The minimum Gasteiger partial charge on any atom is -0.507 e. The number of aryl methyl sites for hydroxylation is 3. The Morgan fingerprint density at radius 2 is 1.65 bits per heavy atom. The maximum absolute atomic E-state index is 13.5. The number of anilines is 1. The van der Waals surface area contributed by atoms with Crippen molar-refractivity contribution in [2.24, 2.45) is 5.92 Å². The molecule has 0 aromatic heterocycles. The molecule has 37 heavy (non-hydrogen) atoms. The number of methoxy groups -OCH3 is 1. The zero-order chi connectivity index (χ0) is 26.9. The molecule has 0 radical (unpaired) electrons. The van der Waals surface area contributed by atoms with E-state index in [0.717, 1.165) is 16.7 Å². The highest BCUT2D eigenvalue weighted by Crippen LogP contribution is 2.43. The number of amides is 1. The van der Waals surface area contributed by atoms with Gasteiger partial charge in [0.05, 0.1) is 25.3 Å². The number of carbonyl (C=O) groups is 2. The molecule has 1 aliphatic rings. The van der Waals surface area contributed by atoms with Gasteiger partial charge in [-0.1, -0.05) is 43.7 Å². The Kier molecular flexibility index (Phi) is 7.39. The van der Waals surface area contributed by atoms with Gasteiger partial charge >= 0.3 is 0 Å². The molecule has 1 N–H and O–H groups in total. The van der Waals surface area contributed by atoms with Crippen LogP contribution in [0.15, 0.2) is 66.2 Å². The van der Waals surface area contributed by atoms with Crippen LogP contribution in [0.5, 0.6) is 11.5 Å². The summed E-state index contributed by atoms with van der Waals surface area (Å²) in [5.74, 6) is 0.120. The number of ether oxygens (including phenoxy) is 2. The number of aliphatic hydroxyl groups excluding tert-OH is 1. The van der Waals surface area contributed by atoms with E-state index in [1.54, 1.807) is 37.4 Å². The Hall–Kier alpha value is -4.06. The summed E-state index contributed by atoms with van der Waals surface area (Å²) in [7, 11) is 1.58. The van der Waals surface area contributed by atoms with Gasteiger partial charge in [-0.3, -0.25) is 14.5 Å². The van der Waals surface area contributed by atoms with Gasteiger partial charge in [-0.25, -0.2) is 0 Å². The van der Waals surface area contributed by atoms with E-state index in [2.05, 4.69) is 13.8 Å². The number of aliphatic hydroxyl groups is 1. The van der Waals surface area contributed by atoms with E-state index >= 15 is 0 Å². The van der Waals surface area contributed by atoms with E-state index in [4.69, 9.17) is 9.47 Å². The molecule has 0 aliphatic carbocycles. The van der Waals surface area contributed by atoms with Crippen molar-refractivity contribution < 1.29 is 24.2 Å². The maximum Gasteiger partial charge on any atom is 0.300 e. The third-order valence-electron chi connectivity index (χ3n) is 6.51. The molecule has 1 heterocycles. The Bertz CT molecular complexity index is 1370. The molecular weight excluding hydrogens is 466 g/mol. The number of hydrogen-bond acceptors (Lipinski definition) is 5. The lowest BCUT2D eigenvalue weighted by molar-refractivity contribution is -0.132. The zero-order valence-electron chi connectivity index (χ0n) is 22.2. The van der Waals surface area contributed by atoms with Crippen molar-refractivity contribution in [2.45, 2.75) is 40.7 Å². The predicted molar refractivity (Wildman–Crippen MR) is 145 cm³/mol. The van der Waals surface area contributed by atoms with Crippen molar-refractivity contribution in [3.63, 3.8) is 0 Å². The largest absolute Gasteiger partial charge is 0.507 e. The highest BCUT2D eigenvalue weighted by molar-refractivity contribution is 6.51. The van der Waals surface area contributed by atoms with Crippen LogP contribution in [0.3, 0.4) is 0 Å². The average molecular weight is 500 g/mol. The third kappa shape index (κ3) is 5.10. The van der Waals surface area contributed by atoms with Gasteiger partial charge in [0.15, 0.2) is 0 Å². The van der Waals surface area contributed by atoms with Crippen molar-refractivity contribution >= 4 is 23.1 Å². The van der Waals surface area contributed by atoms with Crippen LogP contribution in [0.1, 0.15) is 47.7 Å². The van der Waals surface area contributed by atoms with Gasteiger partial charge in [0.25, 0.3) is 11.7 Å². The molecule has 0 spiro atoms. The second kappa shape index (κ2) is 10.5. The molecule has 1 unspecified atom stereocenters. The molecule has 0 bridgehead atoms. The fourth-order valence-electron chi connectivity index (χ4n) is 4.63. The molecule has 3 aromatic carbocycles. The molecule has 0 saturated carbocycles. The topological polar surface area (TPSA) is 76.1 Å². The molecule has 1 fully saturated rings. The number of carbonyl (C=O) groups excluding carboxylic acids is 2.